The topological polar surface area (TPSA) is 18.5 Å². The highest BCUT2D eigenvalue weighted by Crippen LogP contribution is 2.39. The van der Waals surface area contributed by atoms with Crippen molar-refractivity contribution in [1.82, 2.24) is 0 Å². The predicted molar refractivity (Wildman–Crippen MR) is 99.4 cm³/mol. The molecule has 0 aliphatic carbocycles. The summed E-state index contributed by atoms with van der Waals surface area (Å²) in [6, 6.07) is 3.35. The minimum absolute atomic E-state index is 0.402. The molecule has 0 unspecified atom stereocenters. The predicted octanol–water partition coefficient (Wildman–Crippen LogP) is 5.59. The van der Waals surface area contributed by atoms with Crippen LogP contribution in [-0.2, 0) is 9.31 Å². The summed E-state index contributed by atoms with van der Waals surface area (Å²) in [6.45, 7) is 8.04. The Labute approximate surface area is 152 Å². The molecule has 7 heteroatoms. The Kier molecular flexibility index (Phi) is 5.53. The van der Waals surface area contributed by atoms with E-state index in [4.69, 9.17) is 44.1 Å². The van der Waals surface area contributed by atoms with Gasteiger partial charge in [0, 0.05) is 10.8 Å². The normalized spacial score (nSPS) is 20.5. The molecule has 0 bridgehead atoms. The zero-order valence-corrected chi connectivity index (χ0v) is 16.1. The average molecular weight is 380 g/mol. The minimum Gasteiger partial charge on any atom is -0.400 e. The van der Waals surface area contributed by atoms with E-state index >= 15 is 0 Å². The highest BCUT2D eigenvalue weighted by Gasteiger charge is 2.52. The molecule has 0 N–H and O–H groups in total. The van der Waals surface area contributed by atoms with Crippen LogP contribution >= 0.6 is 47.4 Å². The molecular weight excluding hydrogens is 361 g/mol. The van der Waals surface area contributed by atoms with Crippen molar-refractivity contribution in [3.63, 3.8) is 0 Å². The van der Waals surface area contributed by atoms with Crippen molar-refractivity contribution in [3.05, 3.63) is 38.2 Å². The van der Waals surface area contributed by atoms with Gasteiger partial charge in [0.2, 0.25) is 0 Å². The Balaban J connectivity index is 2.36. The lowest BCUT2D eigenvalue weighted by Gasteiger charge is -2.32. The van der Waals surface area contributed by atoms with E-state index in [1.165, 1.54) is 0 Å². The van der Waals surface area contributed by atoms with Gasteiger partial charge in [-0.05, 0) is 50.9 Å². The third-order valence-electron chi connectivity index (χ3n) is 4.12. The van der Waals surface area contributed by atoms with Crippen LogP contribution in [0.25, 0.3) is 6.08 Å². The number of rotatable bonds is 3. The molecular formula is C15H18BCl3O2S. The molecule has 22 heavy (non-hydrogen) atoms. The molecule has 1 aromatic carbocycles. The quantitative estimate of drug-likeness (QED) is 0.419. The fraction of sp³-hybridized carbons (Fsp3) is 0.467. The molecule has 1 heterocycles. The monoisotopic (exact) mass is 378 g/mol. The van der Waals surface area contributed by atoms with Crippen molar-refractivity contribution in [1.29, 1.82) is 0 Å². The summed E-state index contributed by atoms with van der Waals surface area (Å²) in [5, 5.41) is 1.39. The first-order valence-electron chi connectivity index (χ1n) is 6.89. The van der Waals surface area contributed by atoms with Crippen molar-refractivity contribution in [2.24, 2.45) is 0 Å². The summed E-state index contributed by atoms with van der Waals surface area (Å²) >= 11 is 22.6. The van der Waals surface area contributed by atoms with Crippen LogP contribution in [0, 0.1) is 0 Å². The summed E-state index contributed by atoms with van der Waals surface area (Å²) in [5.74, 6) is 0.480. The Morgan fingerprint density at radius 3 is 2.05 bits per heavy atom. The Morgan fingerprint density at radius 2 is 1.55 bits per heavy atom. The molecule has 2 nitrogen and oxygen atoms in total. The van der Waals surface area contributed by atoms with E-state index < -0.39 is 18.3 Å². The second-order valence-corrected chi connectivity index (χ2v) is 7.79. The largest absolute Gasteiger partial charge is 0.491 e. The summed E-state index contributed by atoms with van der Waals surface area (Å²) < 4.78 is 12.1. The van der Waals surface area contributed by atoms with Crippen LogP contribution in [0.15, 0.2) is 17.6 Å². The van der Waals surface area contributed by atoms with Crippen molar-refractivity contribution in [2.45, 2.75) is 38.9 Å². The van der Waals surface area contributed by atoms with Crippen LogP contribution in [-0.4, -0.2) is 24.1 Å². The molecule has 1 fully saturated rings. The molecule has 0 atom stereocenters. The zero-order chi connectivity index (χ0) is 16.7. The van der Waals surface area contributed by atoms with E-state index in [0.717, 1.165) is 11.0 Å². The molecule has 0 aromatic heterocycles. The van der Waals surface area contributed by atoms with Crippen LogP contribution in [0.2, 0.25) is 15.1 Å². The standard InChI is InChI=1S/C15H18BCl3O2S/c1-14(2)15(3,4)21-16(20-14)10(8-22)5-9-6-12(18)13(19)7-11(9)17/h5-7,22H,8H2,1-4H3. The first kappa shape index (κ1) is 18.5. The van der Waals surface area contributed by atoms with Crippen molar-refractivity contribution < 1.29 is 9.31 Å². The third-order valence-corrected chi connectivity index (χ3v) is 5.53. The van der Waals surface area contributed by atoms with E-state index in [2.05, 4.69) is 12.6 Å². The second-order valence-electron chi connectivity index (χ2n) is 6.25. The maximum absolute atomic E-state index is 6.23. The van der Waals surface area contributed by atoms with Gasteiger partial charge in [-0.1, -0.05) is 40.9 Å². The molecule has 1 aliphatic rings. The van der Waals surface area contributed by atoms with Gasteiger partial charge < -0.3 is 9.31 Å². The highest BCUT2D eigenvalue weighted by molar-refractivity contribution is 7.80. The van der Waals surface area contributed by atoms with Gasteiger partial charge in [-0.3, -0.25) is 0 Å². The van der Waals surface area contributed by atoms with Crippen molar-refractivity contribution in [3.8, 4) is 0 Å². The van der Waals surface area contributed by atoms with Gasteiger partial charge in [-0.2, -0.15) is 12.6 Å². The maximum Gasteiger partial charge on any atom is 0.491 e. The zero-order valence-electron chi connectivity index (χ0n) is 12.9. The van der Waals surface area contributed by atoms with Gasteiger partial charge >= 0.3 is 7.12 Å². The summed E-state index contributed by atoms with van der Waals surface area (Å²) in [5.41, 5.74) is 0.833. The molecule has 0 saturated carbocycles. The minimum atomic E-state index is -0.465. The average Bonchev–Trinajstić information content (AvgIpc) is 2.61. The summed E-state index contributed by atoms with van der Waals surface area (Å²) in [6.07, 6.45) is 1.89. The lowest BCUT2D eigenvalue weighted by Crippen LogP contribution is -2.41. The molecule has 0 spiro atoms. The smallest absolute Gasteiger partial charge is 0.400 e. The number of hydrogen-bond donors (Lipinski definition) is 1. The van der Waals surface area contributed by atoms with E-state index in [-0.39, 0.29) is 0 Å². The second kappa shape index (κ2) is 6.58. The van der Waals surface area contributed by atoms with Crippen LogP contribution in [0.1, 0.15) is 33.3 Å². The Morgan fingerprint density at radius 1 is 1.05 bits per heavy atom. The summed E-state index contributed by atoms with van der Waals surface area (Å²) in [7, 11) is -0.465. The number of benzene rings is 1. The highest BCUT2D eigenvalue weighted by atomic mass is 35.5. The Bertz CT molecular complexity index is 601. The van der Waals surface area contributed by atoms with Gasteiger partial charge in [0.05, 0.1) is 21.2 Å². The van der Waals surface area contributed by atoms with Gasteiger partial charge in [0.1, 0.15) is 0 Å². The van der Waals surface area contributed by atoms with Crippen LogP contribution in [0.5, 0.6) is 0 Å². The first-order valence-corrected chi connectivity index (χ1v) is 8.65. The van der Waals surface area contributed by atoms with E-state index in [1.54, 1.807) is 12.1 Å². The maximum atomic E-state index is 6.23. The van der Waals surface area contributed by atoms with Gasteiger partial charge in [0.15, 0.2) is 0 Å². The van der Waals surface area contributed by atoms with Gasteiger partial charge in [0.25, 0.3) is 0 Å². The van der Waals surface area contributed by atoms with Gasteiger partial charge in [-0.15, -0.1) is 0 Å². The van der Waals surface area contributed by atoms with Crippen LogP contribution in [0.3, 0.4) is 0 Å². The SMILES string of the molecule is CC1(C)OB(C(=Cc2cc(Cl)c(Cl)cc2Cl)CS)OC1(C)C. The third kappa shape index (κ3) is 3.63. The molecule has 2 rings (SSSR count). The van der Waals surface area contributed by atoms with Gasteiger partial charge in [-0.25, -0.2) is 0 Å². The van der Waals surface area contributed by atoms with E-state index in [0.29, 0.717) is 20.8 Å². The van der Waals surface area contributed by atoms with Crippen molar-refractivity contribution >= 4 is 60.6 Å². The van der Waals surface area contributed by atoms with Crippen molar-refractivity contribution in [2.75, 3.05) is 5.75 Å². The molecule has 0 radical (unpaired) electrons. The lowest BCUT2D eigenvalue weighted by molar-refractivity contribution is 0.00578. The first-order chi connectivity index (χ1) is 10.1. The summed E-state index contributed by atoms with van der Waals surface area (Å²) in [4.78, 5) is 0. The number of hydrogen-bond acceptors (Lipinski definition) is 3. The molecule has 0 amide bonds. The molecule has 1 aliphatic heterocycles. The van der Waals surface area contributed by atoms with Crippen LogP contribution in [0.4, 0.5) is 0 Å². The molecule has 1 aromatic rings. The fourth-order valence-electron chi connectivity index (χ4n) is 2.03. The molecule has 1 saturated heterocycles. The number of thiol groups is 1. The number of halogens is 3. The van der Waals surface area contributed by atoms with E-state index in [1.807, 2.05) is 33.8 Å². The fourth-order valence-corrected chi connectivity index (χ4v) is 2.88. The lowest BCUT2D eigenvalue weighted by atomic mass is 9.78. The molecule has 120 valence electrons. The van der Waals surface area contributed by atoms with Crippen LogP contribution < -0.4 is 0 Å². The van der Waals surface area contributed by atoms with E-state index in [9.17, 15) is 0 Å². The Hall–Kier alpha value is 0.165.